The molecule has 0 radical (unpaired) electrons. The van der Waals surface area contributed by atoms with Crippen LogP contribution < -0.4 is 5.32 Å². The van der Waals surface area contributed by atoms with Gasteiger partial charge in [-0.3, -0.25) is 0 Å². The fourth-order valence-electron chi connectivity index (χ4n) is 1.02. The van der Waals surface area contributed by atoms with Crippen LogP contribution in [0.3, 0.4) is 0 Å². The van der Waals surface area contributed by atoms with Crippen LogP contribution >= 0.6 is 0 Å². The summed E-state index contributed by atoms with van der Waals surface area (Å²) in [6.45, 7) is 0.512. The van der Waals surface area contributed by atoms with Gasteiger partial charge in [-0.15, -0.1) is 0 Å². The summed E-state index contributed by atoms with van der Waals surface area (Å²) in [6, 6.07) is -0.335. The van der Waals surface area contributed by atoms with Crippen LogP contribution in [0.5, 0.6) is 0 Å². The molecule has 1 fully saturated rings. The van der Waals surface area contributed by atoms with Gasteiger partial charge in [0.1, 0.15) is 0 Å². The van der Waals surface area contributed by atoms with E-state index in [1.54, 1.807) is 0 Å². The molecule has 10 heavy (non-hydrogen) atoms. The molecule has 5 heteroatoms. The molecule has 0 spiro atoms. The summed E-state index contributed by atoms with van der Waals surface area (Å²) in [6.07, 6.45) is 0.529. The van der Waals surface area contributed by atoms with Crippen LogP contribution in [0.25, 0.3) is 0 Å². The maximum absolute atomic E-state index is 10.4. The van der Waals surface area contributed by atoms with Crippen molar-refractivity contribution in [1.82, 2.24) is 5.32 Å². The number of rotatable bonds is 1. The third kappa shape index (κ3) is 1.36. The van der Waals surface area contributed by atoms with Crippen molar-refractivity contribution in [3.63, 3.8) is 0 Å². The lowest BCUT2D eigenvalue weighted by molar-refractivity contribution is 0.279. The van der Waals surface area contributed by atoms with Gasteiger partial charge in [0.2, 0.25) is 10.3 Å². The zero-order valence-corrected chi connectivity index (χ0v) is 6.19. The molecular weight excluding hydrogens is 154 g/mol. The summed E-state index contributed by atoms with van der Waals surface area (Å²) in [5.41, 5.74) is 0. The van der Waals surface area contributed by atoms with Crippen LogP contribution in [0, 0.1) is 0 Å². The van der Waals surface area contributed by atoms with E-state index in [4.69, 9.17) is 5.11 Å². The average Bonchev–Trinajstić information content (AvgIpc) is 2.33. The Morgan fingerprint density at radius 1 is 1.70 bits per heavy atom. The lowest BCUT2D eigenvalue weighted by Gasteiger charge is -2.02. The maximum atomic E-state index is 10.4. The predicted molar refractivity (Wildman–Crippen MR) is 37.4 cm³/mol. The third-order valence-corrected chi connectivity index (χ3v) is 2.46. The summed E-state index contributed by atoms with van der Waals surface area (Å²) in [5, 5.41) is 11.5. The summed E-state index contributed by atoms with van der Waals surface area (Å²) in [7, 11) is -2.13. The van der Waals surface area contributed by atoms with Gasteiger partial charge in [-0.1, -0.05) is 0 Å². The van der Waals surface area contributed by atoms with Crippen molar-refractivity contribution in [3.05, 3.63) is 0 Å². The second kappa shape index (κ2) is 3.14. The van der Waals surface area contributed by atoms with Crippen molar-refractivity contribution in [2.24, 2.45) is 0 Å². The first kappa shape index (κ1) is 7.71. The molecule has 0 amide bonds. The molecule has 0 saturated carbocycles. The van der Waals surface area contributed by atoms with Crippen LogP contribution in [0.1, 0.15) is 6.42 Å². The smallest absolute Gasteiger partial charge is 0.214 e. The van der Waals surface area contributed by atoms with E-state index in [-0.39, 0.29) is 12.6 Å². The summed E-state index contributed by atoms with van der Waals surface area (Å²) < 4.78 is 20.8. The molecule has 1 saturated heterocycles. The van der Waals surface area contributed by atoms with Gasteiger partial charge < -0.3 is 10.4 Å². The van der Waals surface area contributed by atoms with Crippen molar-refractivity contribution < 1.29 is 13.5 Å². The molecule has 1 rings (SSSR count). The minimum atomic E-state index is -2.13. The van der Waals surface area contributed by atoms with E-state index in [9.17, 15) is 8.42 Å². The van der Waals surface area contributed by atoms with Gasteiger partial charge in [-0.25, -0.2) is 0 Å². The second-order valence-corrected chi connectivity index (χ2v) is 3.13. The molecule has 0 aromatic rings. The Balaban J connectivity index is 2.88. The van der Waals surface area contributed by atoms with E-state index >= 15 is 0 Å². The topological polar surface area (TPSA) is 66.4 Å². The first-order valence-electron chi connectivity index (χ1n) is 3.05. The molecule has 2 N–H and O–H groups in total. The largest absolute Gasteiger partial charge is 0.394 e. The van der Waals surface area contributed by atoms with E-state index in [1.807, 2.05) is 0 Å². The number of aliphatic hydroxyl groups is 1. The van der Waals surface area contributed by atoms with Crippen LogP contribution in [0.2, 0.25) is 0 Å². The highest BCUT2D eigenvalue weighted by Crippen LogP contribution is 1.99. The summed E-state index contributed by atoms with van der Waals surface area (Å²) in [5.74, 6) is 0. The highest BCUT2D eigenvalue weighted by atomic mass is 32.2. The lowest BCUT2D eigenvalue weighted by Crippen LogP contribution is -2.31. The van der Waals surface area contributed by atoms with Crippen molar-refractivity contribution in [3.8, 4) is 0 Å². The number of hydrogen-bond acceptors (Lipinski definition) is 4. The Bertz CT molecular complexity index is 236. The fraction of sp³-hybridized carbons (Fsp3) is 0.800. The minimum absolute atomic E-state index is 0.136. The minimum Gasteiger partial charge on any atom is -0.394 e. The van der Waals surface area contributed by atoms with E-state index in [1.165, 1.54) is 0 Å². The molecule has 58 valence electrons. The van der Waals surface area contributed by atoms with Gasteiger partial charge in [0.25, 0.3) is 0 Å². The fourth-order valence-corrected chi connectivity index (χ4v) is 1.68. The SMILES string of the molecule is O=S(=O)=C1CCN[C@@H]1CO. The van der Waals surface area contributed by atoms with Crippen LogP contribution in [0.4, 0.5) is 0 Å². The molecule has 0 unspecified atom stereocenters. The Kier molecular flexibility index (Phi) is 2.42. The highest BCUT2D eigenvalue weighted by molar-refractivity contribution is 7.73. The molecule has 0 bridgehead atoms. The van der Waals surface area contributed by atoms with Gasteiger partial charge in [-0.05, 0) is 6.42 Å². The van der Waals surface area contributed by atoms with Crippen molar-refractivity contribution in [2.75, 3.05) is 13.2 Å². The standard InChI is InChI=1S/C5H9NO3S/c7-3-4-5(10(8)9)1-2-6-4/h4,6-7H,1-3H2/t4-/m1/s1. The number of hydrogen-bond donors (Lipinski definition) is 2. The highest BCUT2D eigenvalue weighted by Gasteiger charge is 2.21. The number of nitrogens with one attached hydrogen (secondary N) is 1. The molecular formula is C5H9NO3S. The second-order valence-electron chi connectivity index (χ2n) is 2.14. The van der Waals surface area contributed by atoms with Crippen molar-refractivity contribution in [1.29, 1.82) is 0 Å². The van der Waals surface area contributed by atoms with Gasteiger partial charge in [0.15, 0.2) is 0 Å². The van der Waals surface area contributed by atoms with Gasteiger partial charge in [0, 0.05) is 6.54 Å². The molecule has 1 aliphatic rings. The van der Waals surface area contributed by atoms with E-state index in [2.05, 4.69) is 5.32 Å². The maximum Gasteiger partial charge on any atom is 0.214 e. The Morgan fingerprint density at radius 3 is 2.80 bits per heavy atom. The molecule has 4 nitrogen and oxygen atoms in total. The monoisotopic (exact) mass is 163 g/mol. The number of aliphatic hydroxyl groups excluding tert-OH is 1. The first-order valence-corrected chi connectivity index (χ1v) is 4.12. The molecule has 0 aromatic heterocycles. The third-order valence-electron chi connectivity index (χ3n) is 1.55. The zero-order valence-electron chi connectivity index (χ0n) is 5.37. The Labute approximate surface area is 60.4 Å². The van der Waals surface area contributed by atoms with Crippen LogP contribution in [-0.2, 0) is 10.3 Å². The predicted octanol–water partition coefficient (Wildman–Crippen LogP) is -1.61. The molecule has 0 aromatic carbocycles. The lowest BCUT2D eigenvalue weighted by atomic mass is 10.2. The zero-order chi connectivity index (χ0) is 7.56. The first-order chi connectivity index (χ1) is 4.75. The van der Waals surface area contributed by atoms with Crippen LogP contribution in [-0.4, -0.2) is 37.6 Å². The van der Waals surface area contributed by atoms with E-state index in [0.29, 0.717) is 17.8 Å². The van der Waals surface area contributed by atoms with E-state index in [0.717, 1.165) is 0 Å². The summed E-state index contributed by atoms with van der Waals surface area (Å²) >= 11 is 0. The van der Waals surface area contributed by atoms with Gasteiger partial charge >= 0.3 is 0 Å². The summed E-state index contributed by atoms with van der Waals surface area (Å²) in [4.78, 5) is 0.391. The Morgan fingerprint density at radius 2 is 2.40 bits per heavy atom. The van der Waals surface area contributed by atoms with E-state index < -0.39 is 10.3 Å². The van der Waals surface area contributed by atoms with Crippen LogP contribution in [0.15, 0.2) is 0 Å². The molecule has 0 aliphatic carbocycles. The average molecular weight is 163 g/mol. The quantitative estimate of drug-likeness (QED) is 0.456. The molecule has 1 atom stereocenters. The normalized spacial score (nSPS) is 25.3. The molecule has 1 aliphatic heterocycles. The van der Waals surface area contributed by atoms with Crippen molar-refractivity contribution >= 4 is 15.2 Å². The van der Waals surface area contributed by atoms with Gasteiger partial charge in [-0.2, -0.15) is 8.42 Å². The van der Waals surface area contributed by atoms with Gasteiger partial charge in [0.05, 0.1) is 17.5 Å². The van der Waals surface area contributed by atoms with Crippen molar-refractivity contribution in [2.45, 2.75) is 12.5 Å². The Hall–Kier alpha value is -0.390. The molecule has 1 heterocycles.